The molecule has 0 saturated carbocycles. The van der Waals surface area contributed by atoms with Gasteiger partial charge in [-0.2, -0.15) is 4.98 Å². The van der Waals surface area contributed by atoms with Crippen LogP contribution in [-0.4, -0.2) is 31.3 Å². The highest BCUT2D eigenvalue weighted by atomic mass is 32.2. The number of pyridine rings is 1. The summed E-state index contributed by atoms with van der Waals surface area (Å²) in [6.07, 6.45) is 4.90. The van der Waals surface area contributed by atoms with E-state index < -0.39 is 0 Å². The van der Waals surface area contributed by atoms with E-state index in [2.05, 4.69) is 41.2 Å². The number of aromatic nitrogens is 4. The summed E-state index contributed by atoms with van der Waals surface area (Å²) in [4.78, 5) is 21.7. The zero-order valence-electron chi connectivity index (χ0n) is 14.6. The van der Waals surface area contributed by atoms with E-state index in [-0.39, 0.29) is 17.2 Å². The zero-order valence-corrected chi connectivity index (χ0v) is 15.4. The third kappa shape index (κ3) is 2.86. The maximum Gasteiger partial charge on any atom is 0.227 e. The molecule has 3 heterocycles. The van der Waals surface area contributed by atoms with Crippen LogP contribution in [0.25, 0.3) is 0 Å². The Morgan fingerprint density at radius 3 is 2.80 bits per heavy atom. The standard InChI is InChI=1S/C18H21N5OS/c1-4-25-17-21-16-20-12-9-18(2,3)10-13(24)14(12)15(23(16)22-17)11-5-7-19-8-6-11/h5-8,15H,4,9-10H2,1-3H3,(H,20,21,22). The van der Waals surface area contributed by atoms with Gasteiger partial charge in [-0.15, -0.1) is 5.10 Å². The smallest absolute Gasteiger partial charge is 0.227 e. The third-order valence-electron chi connectivity index (χ3n) is 4.61. The number of carbonyl (C=O) groups is 1. The molecule has 2 aliphatic rings. The number of allylic oxidation sites excluding steroid dienone is 2. The molecule has 1 aliphatic heterocycles. The first-order valence-electron chi connectivity index (χ1n) is 8.51. The molecule has 6 nitrogen and oxygen atoms in total. The Morgan fingerprint density at radius 1 is 1.32 bits per heavy atom. The Balaban J connectivity index is 1.88. The topological polar surface area (TPSA) is 72.7 Å². The van der Waals surface area contributed by atoms with Gasteiger partial charge in [-0.25, -0.2) is 4.68 Å². The number of Topliss-reactive ketones (excluding diaryl/α,β-unsaturated/α-hetero) is 1. The van der Waals surface area contributed by atoms with E-state index in [4.69, 9.17) is 0 Å². The quantitative estimate of drug-likeness (QED) is 0.850. The van der Waals surface area contributed by atoms with Crippen molar-refractivity contribution >= 4 is 23.5 Å². The summed E-state index contributed by atoms with van der Waals surface area (Å²) < 4.78 is 1.85. The summed E-state index contributed by atoms with van der Waals surface area (Å²) in [6, 6.07) is 3.66. The van der Waals surface area contributed by atoms with E-state index in [9.17, 15) is 4.79 Å². The second-order valence-electron chi connectivity index (χ2n) is 7.24. The van der Waals surface area contributed by atoms with Crippen LogP contribution in [0, 0.1) is 5.41 Å². The van der Waals surface area contributed by atoms with Gasteiger partial charge in [-0.3, -0.25) is 9.78 Å². The minimum absolute atomic E-state index is 0.0467. The Morgan fingerprint density at radius 2 is 2.08 bits per heavy atom. The predicted octanol–water partition coefficient (Wildman–Crippen LogP) is 3.44. The molecule has 1 N–H and O–H groups in total. The average molecular weight is 355 g/mol. The van der Waals surface area contributed by atoms with Gasteiger partial charge in [-0.1, -0.05) is 32.5 Å². The van der Waals surface area contributed by atoms with Crippen LogP contribution in [-0.2, 0) is 4.79 Å². The fourth-order valence-electron chi connectivity index (χ4n) is 3.63. The number of anilines is 1. The summed E-state index contributed by atoms with van der Waals surface area (Å²) >= 11 is 1.60. The number of rotatable bonds is 3. The molecule has 0 saturated heterocycles. The Hall–Kier alpha value is -2.15. The third-order valence-corrected chi connectivity index (χ3v) is 5.33. The number of nitrogens with zero attached hydrogens (tertiary/aromatic N) is 4. The second kappa shape index (κ2) is 5.98. The Bertz CT molecular complexity index is 856. The van der Waals surface area contributed by atoms with Crippen LogP contribution in [0.5, 0.6) is 0 Å². The van der Waals surface area contributed by atoms with Crippen molar-refractivity contribution in [3.05, 3.63) is 41.4 Å². The molecule has 2 aromatic rings. The molecule has 2 aromatic heterocycles. The molecule has 0 bridgehead atoms. The molecule has 1 unspecified atom stereocenters. The monoisotopic (exact) mass is 355 g/mol. The number of hydrogen-bond acceptors (Lipinski definition) is 6. The molecule has 1 aliphatic carbocycles. The molecule has 130 valence electrons. The molecule has 0 fully saturated rings. The molecule has 7 heteroatoms. The van der Waals surface area contributed by atoms with Crippen LogP contribution in [0.3, 0.4) is 0 Å². The van der Waals surface area contributed by atoms with E-state index in [1.54, 1.807) is 24.2 Å². The summed E-state index contributed by atoms with van der Waals surface area (Å²) in [5, 5.41) is 8.77. The normalized spacial score (nSPS) is 21.6. The van der Waals surface area contributed by atoms with Crippen LogP contribution in [0.1, 0.15) is 45.2 Å². The Labute approximate surface area is 151 Å². The molecule has 0 spiro atoms. The lowest BCUT2D eigenvalue weighted by atomic mass is 9.73. The number of carbonyl (C=O) groups excluding carboxylic acids is 1. The van der Waals surface area contributed by atoms with Gasteiger partial charge >= 0.3 is 0 Å². The minimum atomic E-state index is -0.239. The van der Waals surface area contributed by atoms with Gasteiger partial charge in [0.25, 0.3) is 0 Å². The molecule has 1 atom stereocenters. The highest BCUT2D eigenvalue weighted by Gasteiger charge is 2.41. The van der Waals surface area contributed by atoms with E-state index in [0.717, 1.165) is 34.2 Å². The van der Waals surface area contributed by atoms with Gasteiger partial charge in [0, 0.05) is 30.1 Å². The Kier molecular flexibility index (Phi) is 3.91. The molecular formula is C18H21N5OS. The highest BCUT2D eigenvalue weighted by Crippen LogP contribution is 2.45. The lowest BCUT2D eigenvalue weighted by molar-refractivity contribution is -0.118. The SMILES string of the molecule is CCSc1nc2n(n1)C(c1ccncc1)C1=C(CC(C)(C)CC1=O)N2. The van der Waals surface area contributed by atoms with Crippen molar-refractivity contribution in [1.82, 2.24) is 19.7 Å². The highest BCUT2D eigenvalue weighted by molar-refractivity contribution is 7.99. The van der Waals surface area contributed by atoms with Gasteiger partial charge < -0.3 is 5.32 Å². The van der Waals surface area contributed by atoms with Crippen molar-refractivity contribution in [3.8, 4) is 0 Å². The van der Waals surface area contributed by atoms with Crippen molar-refractivity contribution in [2.75, 3.05) is 11.1 Å². The summed E-state index contributed by atoms with van der Waals surface area (Å²) in [7, 11) is 0. The summed E-state index contributed by atoms with van der Waals surface area (Å²) in [6.45, 7) is 6.35. The van der Waals surface area contributed by atoms with Crippen LogP contribution in [0.4, 0.5) is 5.95 Å². The zero-order chi connectivity index (χ0) is 17.6. The average Bonchev–Trinajstić information content (AvgIpc) is 2.95. The molecule has 0 aromatic carbocycles. The van der Waals surface area contributed by atoms with Crippen LogP contribution in [0.15, 0.2) is 41.0 Å². The predicted molar refractivity (Wildman–Crippen MR) is 97.5 cm³/mol. The van der Waals surface area contributed by atoms with Crippen molar-refractivity contribution in [3.63, 3.8) is 0 Å². The van der Waals surface area contributed by atoms with Gasteiger partial charge in [0.15, 0.2) is 5.78 Å². The summed E-state index contributed by atoms with van der Waals surface area (Å²) in [5.41, 5.74) is 2.76. The maximum absolute atomic E-state index is 13.0. The minimum Gasteiger partial charge on any atom is -0.328 e. The van der Waals surface area contributed by atoms with Crippen molar-refractivity contribution in [1.29, 1.82) is 0 Å². The summed E-state index contributed by atoms with van der Waals surface area (Å²) in [5.74, 6) is 1.80. The van der Waals surface area contributed by atoms with Crippen LogP contribution >= 0.6 is 11.8 Å². The number of fused-ring (bicyclic) bond motifs is 1. The fraction of sp³-hybridized carbons (Fsp3) is 0.444. The van der Waals surface area contributed by atoms with Gasteiger partial charge in [0.05, 0.1) is 0 Å². The van der Waals surface area contributed by atoms with Gasteiger partial charge in [-0.05, 0) is 35.3 Å². The van der Waals surface area contributed by atoms with Crippen molar-refractivity contribution in [2.24, 2.45) is 5.41 Å². The van der Waals surface area contributed by atoms with Gasteiger partial charge in [0.1, 0.15) is 6.04 Å². The molecule has 0 amide bonds. The van der Waals surface area contributed by atoms with Crippen molar-refractivity contribution in [2.45, 2.75) is 44.8 Å². The van der Waals surface area contributed by atoms with Gasteiger partial charge in [0.2, 0.25) is 11.1 Å². The molecular weight excluding hydrogens is 334 g/mol. The number of ketones is 1. The first kappa shape index (κ1) is 16.3. The van der Waals surface area contributed by atoms with E-state index in [1.807, 2.05) is 16.8 Å². The molecule has 4 rings (SSSR count). The lowest BCUT2D eigenvalue weighted by Gasteiger charge is -2.38. The van der Waals surface area contributed by atoms with E-state index >= 15 is 0 Å². The number of nitrogens with one attached hydrogen (secondary N) is 1. The first-order chi connectivity index (χ1) is 12.0. The van der Waals surface area contributed by atoms with E-state index in [1.165, 1.54) is 0 Å². The number of hydrogen-bond donors (Lipinski definition) is 1. The largest absolute Gasteiger partial charge is 0.328 e. The number of thioether (sulfide) groups is 1. The first-order valence-corrected chi connectivity index (χ1v) is 9.49. The second-order valence-corrected chi connectivity index (χ2v) is 8.47. The lowest BCUT2D eigenvalue weighted by Crippen LogP contribution is -2.36. The fourth-order valence-corrected chi connectivity index (χ4v) is 4.19. The molecule has 25 heavy (non-hydrogen) atoms. The maximum atomic E-state index is 13.0. The van der Waals surface area contributed by atoms with E-state index in [0.29, 0.717) is 12.4 Å². The van der Waals surface area contributed by atoms with Crippen LogP contribution in [0.2, 0.25) is 0 Å². The molecule has 0 radical (unpaired) electrons. The van der Waals surface area contributed by atoms with Crippen LogP contribution < -0.4 is 5.32 Å². The van der Waals surface area contributed by atoms with Crippen molar-refractivity contribution < 1.29 is 4.79 Å².